The van der Waals surface area contributed by atoms with E-state index in [2.05, 4.69) is 76.7 Å². The normalized spacial score (nSPS) is 9.76. The summed E-state index contributed by atoms with van der Waals surface area (Å²) in [6.07, 6.45) is 11.1. The summed E-state index contributed by atoms with van der Waals surface area (Å²) < 4.78 is 20.3. The molecule has 0 fully saturated rings. The second-order valence-corrected chi connectivity index (χ2v) is 11.8. The molecular formula is C30H40B4BrLiN6O5S3. The van der Waals surface area contributed by atoms with Crippen LogP contribution < -0.4 is 29.4 Å². The number of anilines is 1. The molecule has 4 radical (unpaired) electrons. The minimum Gasteiger partial charge on any atom is -0.343 e. The van der Waals surface area contributed by atoms with Crippen molar-refractivity contribution in [3.05, 3.63) is 70.3 Å². The monoisotopic (exact) mass is 790 g/mol. The van der Waals surface area contributed by atoms with Crippen molar-refractivity contribution in [1.82, 2.24) is 14.5 Å². The number of aliphatic hydroxyl groups excluding tert-OH is 1. The minimum atomic E-state index is -0.843. The second-order valence-electron chi connectivity index (χ2n) is 8.58. The van der Waals surface area contributed by atoms with Crippen LogP contribution in [-0.4, -0.2) is 72.7 Å². The van der Waals surface area contributed by atoms with E-state index in [-0.39, 0.29) is 23.7 Å². The number of unbranched alkanes of at least 4 members (excludes halogenated alkanes) is 1. The molecule has 20 heteroatoms. The number of nitrogen functional groups attached to an aromatic ring is 1. The molecule has 3 N–H and O–H groups in total. The first-order valence-electron chi connectivity index (χ1n) is 14.5. The van der Waals surface area contributed by atoms with Gasteiger partial charge in [-0.25, -0.2) is 4.98 Å². The van der Waals surface area contributed by atoms with Crippen LogP contribution in [0.4, 0.5) is 19.9 Å². The number of aryl methyl sites for hydroxylation is 2. The number of alkyl halides is 1. The number of rotatable bonds is 9. The molecule has 3 rings (SSSR count). The van der Waals surface area contributed by atoms with Crippen LogP contribution in [0.25, 0.3) is 0 Å². The Bertz CT molecular complexity index is 1550. The second kappa shape index (κ2) is 37.5. The zero-order valence-corrected chi connectivity index (χ0v) is 33.2. The number of amides is 1. The topological polar surface area (TPSA) is 170 Å². The number of allylic oxidation sites excluding steroid dienone is 2. The maximum atomic E-state index is 11.0. The first kappa shape index (κ1) is 54.1. The molecule has 0 bridgehead atoms. The number of aliphatic imine (C=N–C) groups is 1. The predicted octanol–water partition coefficient (Wildman–Crippen LogP) is 3.78. The van der Waals surface area contributed by atoms with E-state index < -0.39 is 11.6 Å². The third kappa shape index (κ3) is 29.1. The number of carbonyl (C=O) groups excluding carboxylic acids is 2. The molecule has 1 atom stereocenters. The minimum absolute atomic E-state index is 0. The molecule has 3 heterocycles. The maximum absolute atomic E-state index is 11.0. The molecule has 11 nitrogen and oxygen atoms in total. The van der Waals surface area contributed by atoms with Gasteiger partial charge in [-0.05, 0) is 12.8 Å². The van der Waals surface area contributed by atoms with Crippen LogP contribution in [0, 0.1) is 18.9 Å². The van der Waals surface area contributed by atoms with Crippen LogP contribution in [0.2, 0.25) is 0 Å². The smallest absolute Gasteiger partial charge is 0.343 e. The standard InChI is InChI=1S/C9H11BN2OS.C7H6B2N2O2S.C5H8N2S.C4H9.C3H5Br.C2HBO2.Li/c1-3-4-7(2)8-5-14-9(12-8)11-6-10-13;1-2-4-3-14-7(10-5(8)12)11(4)6(9)13;1-2-4-3-8-5(6)7-4;1-3-4-2;1-2-3-4;4-2-1-3-5;/h3,5-7H,1,4H2,2H3;3H,2H2,1H3;3H,2H2,1H3,(H2,6,7);1,3-4H2,2H3;2H,1,3H2;4H;/q;;;-1;;;+1. The van der Waals surface area contributed by atoms with E-state index >= 15 is 0 Å². The summed E-state index contributed by atoms with van der Waals surface area (Å²) in [5, 5.41) is 15.3. The van der Waals surface area contributed by atoms with Gasteiger partial charge in [-0.15, -0.1) is 29.3 Å². The molecule has 50 heavy (non-hydrogen) atoms. The van der Waals surface area contributed by atoms with Gasteiger partial charge in [0.25, 0.3) is 0 Å². The Morgan fingerprint density at radius 2 is 1.76 bits per heavy atom. The van der Waals surface area contributed by atoms with Gasteiger partial charge < -0.3 is 12.7 Å². The van der Waals surface area contributed by atoms with Gasteiger partial charge in [-0.2, -0.15) is 11.4 Å². The Hall–Kier alpha value is -2.72. The summed E-state index contributed by atoms with van der Waals surface area (Å²) in [7, 11) is 11.0. The van der Waals surface area contributed by atoms with E-state index in [4.69, 9.17) is 31.2 Å². The van der Waals surface area contributed by atoms with Crippen LogP contribution in [0.15, 0.2) is 51.4 Å². The number of hydrogen-bond acceptors (Lipinski definition) is 12. The number of nitrogens with two attached hydrogens (primary N) is 1. The quantitative estimate of drug-likeness (QED) is 0.0825. The van der Waals surface area contributed by atoms with Crippen molar-refractivity contribution in [3.8, 4) is 11.9 Å². The molecule has 0 saturated heterocycles. The molecule has 0 aliphatic rings. The van der Waals surface area contributed by atoms with Gasteiger partial charge in [0.1, 0.15) is 0 Å². The molecule has 0 spiro atoms. The summed E-state index contributed by atoms with van der Waals surface area (Å²) in [5.74, 6) is 0.594. The van der Waals surface area contributed by atoms with E-state index in [0.717, 1.165) is 47.3 Å². The number of carbonyl (C=O) groups is 2. The Kier molecular flexibility index (Phi) is 40.6. The fourth-order valence-corrected chi connectivity index (χ4v) is 4.94. The number of aliphatic hydroxyl groups is 1. The SMILES string of the molecule is C=CCBr.C=CCC(C)c1csc(N=CB=O)n1.CCc1csc(N)n1.O=BC#CO.[B]C(=O)N=c1scc(CC)n1C([B])=O.[CH2-]CCC.[Li+]. The molecule has 0 saturated carbocycles. The molecule has 1 unspecified atom stereocenters. The first-order chi connectivity index (χ1) is 23.4. The Morgan fingerprint density at radius 1 is 1.14 bits per heavy atom. The van der Waals surface area contributed by atoms with Crippen LogP contribution in [0.5, 0.6) is 0 Å². The average molecular weight is 791 g/mol. The van der Waals surface area contributed by atoms with Gasteiger partial charge in [0.2, 0.25) is 15.7 Å². The Morgan fingerprint density at radius 3 is 2.10 bits per heavy atom. The fraction of sp³-hybridized carbons (Fsp3) is 0.367. The van der Waals surface area contributed by atoms with Gasteiger partial charge in [0.15, 0.2) is 21.5 Å². The van der Waals surface area contributed by atoms with Gasteiger partial charge in [-0.1, -0.05) is 49.2 Å². The third-order valence-electron chi connectivity index (χ3n) is 4.87. The van der Waals surface area contributed by atoms with Crippen molar-refractivity contribution in [2.45, 2.75) is 65.7 Å². The molecule has 1 amide bonds. The van der Waals surface area contributed by atoms with Gasteiger partial charge in [-0.3, -0.25) is 14.2 Å². The van der Waals surface area contributed by atoms with E-state index in [1.807, 2.05) is 23.8 Å². The van der Waals surface area contributed by atoms with Crippen LogP contribution in [0.3, 0.4) is 0 Å². The average Bonchev–Trinajstić information content (AvgIpc) is 3.85. The summed E-state index contributed by atoms with van der Waals surface area (Å²) in [6, 6.07) is 0. The van der Waals surface area contributed by atoms with E-state index in [1.165, 1.54) is 45.9 Å². The number of nitrogens with zero attached hydrogens (tertiary/aromatic N) is 5. The summed E-state index contributed by atoms with van der Waals surface area (Å²) in [6.45, 7) is 18.9. The van der Waals surface area contributed by atoms with Gasteiger partial charge in [0, 0.05) is 21.8 Å². The van der Waals surface area contributed by atoms with Crippen LogP contribution in [0.1, 0.15) is 70.0 Å². The van der Waals surface area contributed by atoms with E-state index in [1.54, 1.807) is 17.3 Å². The summed E-state index contributed by atoms with van der Waals surface area (Å²) in [5.41, 5.74) is 8.17. The zero-order chi connectivity index (χ0) is 38.0. The van der Waals surface area contributed by atoms with Crippen molar-refractivity contribution in [2.24, 2.45) is 9.98 Å². The van der Waals surface area contributed by atoms with E-state index in [0.29, 0.717) is 42.6 Å². The van der Waals surface area contributed by atoms with Crippen molar-refractivity contribution in [3.63, 3.8) is 0 Å². The number of aromatic nitrogens is 3. The van der Waals surface area contributed by atoms with Crippen molar-refractivity contribution >= 4 is 108 Å². The van der Waals surface area contributed by atoms with Gasteiger partial charge >= 0.3 is 135 Å². The third-order valence-corrected chi connectivity index (χ3v) is 7.69. The molecule has 3 aromatic rings. The largest absolute Gasteiger partial charge is 1.00 e. The van der Waals surface area contributed by atoms with Crippen molar-refractivity contribution in [1.29, 1.82) is 0 Å². The molecule has 0 aliphatic carbocycles. The fourth-order valence-electron chi connectivity index (χ4n) is 2.54. The number of hydrogen-bond donors (Lipinski definition) is 2. The summed E-state index contributed by atoms with van der Waals surface area (Å²) in [4.78, 5) is 37.4. The zero-order valence-electron chi connectivity index (χ0n) is 29.2. The number of halogens is 1. The van der Waals surface area contributed by atoms with Crippen LogP contribution >= 0.6 is 49.9 Å². The molecule has 258 valence electrons. The van der Waals surface area contributed by atoms with E-state index in [9.17, 15) is 14.3 Å². The maximum Gasteiger partial charge on any atom is 1.00 e. The van der Waals surface area contributed by atoms with Crippen LogP contribution in [-0.2, 0) is 22.3 Å². The van der Waals surface area contributed by atoms with Crippen molar-refractivity contribution in [2.75, 3.05) is 11.1 Å². The van der Waals surface area contributed by atoms with Gasteiger partial charge in [0.05, 0.1) is 5.69 Å². The molecule has 0 aromatic carbocycles. The summed E-state index contributed by atoms with van der Waals surface area (Å²) >= 11 is 7.22. The molecular weight excluding hydrogens is 751 g/mol. The first-order valence-corrected chi connectivity index (χ1v) is 18.3. The Labute approximate surface area is 332 Å². The molecule has 3 aromatic heterocycles. The molecule has 0 aliphatic heterocycles. The predicted molar refractivity (Wildman–Crippen MR) is 211 cm³/mol. The Balaban J connectivity index is -0.000000273. The number of thiazole rings is 3. The van der Waals surface area contributed by atoms with Crippen molar-refractivity contribution < 1.29 is 43.0 Å².